The number of Topliss-reactive ketones (excluding diaryl/α,β-unsaturated/α-hetero) is 1. The van der Waals surface area contributed by atoms with Crippen molar-refractivity contribution in [3.8, 4) is 0 Å². The lowest BCUT2D eigenvalue weighted by Gasteiger charge is -2.02. The van der Waals surface area contributed by atoms with Gasteiger partial charge in [-0.25, -0.2) is 0 Å². The van der Waals surface area contributed by atoms with E-state index in [1.807, 2.05) is 36.4 Å². The van der Waals surface area contributed by atoms with Gasteiger partial charge in [0.25, 0.3) is 0 Å². The van der Waals surface area contributed by atoms with E-state index in [0.29, 0.717) is 5.75 Å². The largest absolute Gasteiger partial charge is 0.293 e. The lowest BCUT2D eigenvalue weighted by Crippen LogP contribution is -2.01. The summed E-state index contributed by atoms with van der Waals surface area (Å²) in [6.07, 6.45) is 0. The van der Waals surface area contributed by atoms with Gasteiger partial charge in [-0.3, -0.25) is 4.79 Å². The molecule has 0 spiro atoms. The predicted molar refractivity (Wildman–Crippen MR) is 102 cm³/mol. The summed E-state index contributed by atoms with van der Waals surface area (Å²) >= 11 is 4.68. The third-order valence-electron chi connectivity index (χ3n) is 3.42. The maximum Gasteiger partial charge on any atom is 0.175 e. The number of aryl methyl sites for hydroxylation is 1. The zero-order chi connectivity index (χ0) is 16.8. The van der Waals surface area contributed by atoms with Gasteiger partial charge in [0.15, 0.2) is 14.5 Å². The predicted octanol–water partition coefficient (Wildman–Crippen LogP) is 5.11. The van der Waals surface area contributed by atoms with Crippen LogP contribution >= 0.6 is 34.9 Å². The van der Waals surface area contributed by atoms with E-state index >= 15 is 0 Å². The van der Waals surface area contributed by atoms with E-state index in [-0.39, 0.29) is 5.78 Å². The van der Waals surface area contributed by atoms with E-state index in [2.05, 4.69) is 35.3 Å². The van der Waals surface area contributed by atoms with E-state index in [9.17, 15) is 4.79 Å². The number of ketones is 1. The third kappa shape index (κ3) is 4.69. The van der Waals surface area contributed by atoms with Crippen molar-refractivity contribution in [2.24, 2.45) is 0 Å². The van der Waals surface area contributed by atoms with E-state index in [1.165, 1.54) is 22.9 Å². The van der Waals surface area contributed by atoms with Crippen molar-refractivity contribution in [3.05, 3.63) is 71.3 Å². The van der Waals surface area contributed by atoms with Crippen LogP contribution in [0.25, 0.3) is 0 Å². The van der Waals surface area contributed by atoms with Crippen LogP contribution < -0.4 is 0 Å². The first kappa shape index (κ1) is 17.2. The molecule has 0 radical (unpaired) electrons. The van der Waals surface area contributed by atoms with E-state index in [1.54, 1.807) is 23.1 Å². The Morgan fingerprint density at radius 1 is 0.958 bits per heavy atom. The third-order valence-corrected chi connectivity index (χ3v) is 6.66. The van der Waals surface area contributed by atoms with Crippen LogP contribution in [0.15, 0.2) is 63.3 Å². The first-order chi connectivity index (χ1) is 11.7. The monoisotopic (exact) mass is 372 g/mol. The number of nitrogens with zero attached hydrogens (tertiary/aromatic N) is 2. The Balaban J connectivity index is 1.52. The Morgan fingerprint density at radius 2 is 1.62 bits per heavy atom. The molecule has 0 aliphatic carbocycles. The number of hydrogen-bond donors (Lipinski definition) is 0. The fraction of sp³-hybridized carbons (Fsp3) is 0.167. The number of rotatable bonds is 7. The molecule has 0 saturated heterocycles. The average Bonchev–Trinajstić information content (AvgIpc) is 3.08. The average molecular weight is 373 g/mol. The molecule has 3 rings (SSSR count). The highest BCUT2D eigenvalue weighted by Crippen LogP contribution is 2.31. The van der Waals surface area contributed by atoms with Gasteiger partial charge in [0, 0.05) is 11.3 Å². The molecular formula is C18H16N2OS3. The molecule has 6 heteroatoms. The van der Waals surface area contributed by atoms with Gasteiger partial charge in [-0.15, -0.1) is 10.2 Å². The molecule has 0 saturated carbocycles. The standard InChI is InChI=1S/C18H16N2OS3/c1-13-7-5-6-10-15(13)11-22-17-19-20-18(24-17)23-12-16(21)14-8-3-2-4-9-14/h2-10H,11-12H2,1H3. The van der Waals surface area contributed by atoms with Crippen LogP contribution in [0.3, 0.4) is 0 Å². The highest BCUT2D eigenvalue weighted by molar-refractivity contribution is 8.03. The Kier molecular flexibility index (Phi) is 6.07. The molecule has 122 valence electrons. The highest BCUT2D eigenvalue weighted by Gasteiger charge is 2.10. The van der Waals surface area contributed by atoms with Gasteiger partial charge in [0.1, 0.15) is 0 Å². The summed E-state index contributed by atoms with van der Waals surface area (Å²) in [7, 11) is 0. The van der Waals surface area contributed by atoms with Gasteiger partial charge in [-0.1, -0.05) is 89.5 Å². The maximum atomic E-state index is 12.1. The number of aromatic nitrogens is 2. The van der Waals surface area contributed by atoms with Crippen molar-refractivity contribution in [2.75, 3.05) is 5.75 Å². The van der Waals surface area contributed by atoms with Gasteiger partial charge in [0.2, 0.25) is 0 Å². The highest BCUT2D eigenvalue weighted by atomic mass is 32.2. The zero-order valence-corrected chi connectivity index (χ0v) is 15.6. The zero-order valence-electron chi connectivity index (χ0n) is 13.1. The van der Waals surface area contributed by atoms with E-state index in [4.69, 9.17) is 0 Å². The first-order valence-corrected chi connectivity index (χ1v) is 10.2. The summed E-state index contributed by atoms with van der Waals surface area (Å²) in [5.74, 6) is 1.39. The van der Waals surface area contributed by atoms with Crippen molar-refractivity contribution < 1.29 is 4.79 Å². The van der Waals surface area contributed by atoms with Crippen LogP contribution in [0.2, 0.25) is 0 Å². The lowest BCUT2D eigenvalue weighted by atomic mass is 10.1. The molecule has 0 N–H and O–H groups in total. The normalized spacial score (nSPS) is 10.7. The molecule has 1 heterocycles. The van der Waals surface area contributed by atoms with Crippen LogP contribution in [-0.4, -0.2) is 21.7 Å². The molecule has 1 aromatic heterocycles. The number of carbonyl (C=O) groups excluding carboxylic acids is 1. The molecule has 3 nitrogen and oxygen atoms in total. The minimum absolute atomic E-state index is 0.116. The van der Waals surface area contributed by atoms with Crippen molar-refractivity contribution in [3.63, 3.8) is 0 Å². The second-order valence-corrected chi connectivity index (χ2v) is 8.55. The van der Waals surface area contributed by atoms with Crippen LogP contribution in [0, 0.1) is 6.92 Å². The molecule has 0 aliphatic rings. The fourth-order valence-corrected chi connectivity index (χ4v) is 5.05. The smallest absolute Gasteiger partial charge is 0.175 e. The summed E-state index contributed by atoms with van der Waals surface area (Å²) in [6.45, 7) is 2.12. The molecule has 0 aliphatic heterocycles. The minimum atomic E-state index is 0.116. The Labute approximate surface area is 153 Å². The fourth-order valence-electron chi connectivity index (χ4n) is 2.06. The summed E-state index contributed by atoms with van der Waals surface area (Å²) < 4.78 is 1.78. The quantitative estimate of drug-likeness (QED) is 0.426. The molecule has 2 aromatic carbocycles. The first-order valence-electron chi connectivity index (χ1n) is 7.44. The molecule has 0 bridgehead atoms. The van der Waals surface area contributed by atoms with Crippen LogP contribution in [0.5, 0.6) is 0 Å². The number of carbonyl (C=O) groups is 1. The summed E-state index contributed by atoms with van der Waals surface area (Å²) in [5.41, 5.74) is 3.34. The van der Waals surface area contributed by atoms with Gasteiger partial charge >= 0.3 is 0 Å². The Morgan fingerprint density at radius 3 is 2.38 bits per heavy atom. The molecule has 0 fully saturated rings. The maximum absolute atomic E-state index is 12.1. The van der Waals surface area contributed by atoms with Gasteiger partial charge in [0.05, 0.1) is 5.75 Å². The second kappa shape index (κ2) is 8.46. The Hall–Kier alpha value is -1.63. The molecule has 24 heavy (non-hydrogen) atoms. The van der Waals surface area contributed by atoms with E-state index in [0.717, 1.165) is 20.0 Å². The molecular weight excluding hydrogens is 356 g/mol. The van der Waals surface area contributed by atoms with Crippen LogP contribution in [-0.2, 0) is 5.75 Å². The van der Waals surface area contributed by atoms with Gasteiger partial charge in [-0.05, 0) is 18.1 Å². The number of benzene rings is 2. The molecule has 0 unspecified atom stereocenters. The van der Waals surface area contributed by atoms with Crippen molar-refractivity contribution >= 4 is 40.6 Å². The lowest BCUT2D eigenvalue weighted by molar-refractivity contribution is 0.102. The minimum Gasteiger partial charge on any atom is -0.293 e. The molecule has 3 aromatic rings. The molecule has 0 atom stereocenters. The van der Waals surface area contributed by atoms with Crippen molar-refractivity contribution in [1.82, 2.24) is 10.2 Å². The van der Waals surface area contributed by atoms with Gasteiger partial charge < -0.3 is 0 Å². The van der Waals surface area contributed by atoms with E-state index < -0.39 is 0 Å². The van der Waals surface area contributed by atoms with Gasteiger partial charge in [-0.2, -0.15) is 0 Å². The molecule has 0 amide bonds. The van der Waals surface area contributed by atoms with Crippen molar-refractivity contribution in [2.45, 2.75) is 21.4 Å². The second-order valence-electron chi connectivity index (χ2n) is 5.13. The topological polar surface area (TPSA) is 42.9 Å². The summed E-state index contributed by atoms with van der Waals surface area (Å²) in [5, 5.41) is 8.39. The summed E-state index contributed by atoms with van der Waals surface area (Å²) in [6, 6.07) is 17.7. The van der Waals surface area contributed by atoms with Crippen molar-refractivity contribution in [1.29, 1.82) is 0 Å². The number of hydrogen-bond acceptors (Lipinski definition) is 6. The Bertz CT molecular complexity index is 818. The number of thioether (sulfide) groups is 2. The van der Waals surface area contributed by atoms with Crippen LogP contribution in [0.1, 0.15) is 21.5 Å². The SMILES string of the molecule is Cc1ccccc1CSc1nnc(SCC(=O)c2ccccc2)s1. The summed E-state index contributed by atoms with van der Waals surface area (Å²) in [4.78, 5) is 12.1. The van der Waals surface area contributed by atoms with Crippen LogP contribution in [0.4, 0.5) is 0 Å².